The SMILES string of the molecule is C#C[C@@]1(O)CC[C@H]2[C@H]3CC[C@H]4CC=CC[C@]4(C)[C@H]3CC[C@@]21C. The lowest BCUT2D eigenvalue weighted by Crippen LogP contribution is -2.55. The molecule has 4 aliphatic rings. The minimum absolute atomic E-state index is 0.0450. The zero-order valence-corrected chi connectivity index (χ0v) is 14.1. The Labute approximate surface area is 135 Å². The van der Waals surface area contributed by atoms with E-state index in [1.807, 2.05) is 0 Å². The molecule has 3 saturated carbocycles. The number of hydrogen-bond donors (Lipinski definition) is 1. The summed E-state index contributed by atoms with van der Waals surface area (Å²) in [5, 5.41) is 11.0. The maximum absolute atomic E-state index is 11.0. The van der Waals surface area contributed by atoms with Crippen LogP contribution in [0.5, 0.6) is 0 Å². The number of aliphatic hydroxyl groups is 1. The molecule has 1 nitrogen and oxygen atoms in total. The molecule has 0 aromatic carbocycles. The van der Waals surface area contributed by atoms with E-state index >= 15 is 0 Å². The average molecular weight is 298 g/mol. The summed E-state index contributed by atoms with van der Waals surface area (Å²) in [6, 6.07) is 0. The number of hydrogen-bond acceptors (Lipinski definition) is 1. The fraction of sp³-hybridized carbons (Fsp3) is 0.810. The van der Waals surface area contributed by atoms with E-state index in [1.165, 1.54) is 32.1 Å². The third-order valence-corrected chi connectivity index (χ3v) is 8.60. The predicted molar refractivity (Wildman–Crippen MR) is 90.0 cm³/mol. The van der Waals surface area contributed by atoms with Crippen LogP contribution >= 0.6 is 0 Å². The topological polar surface area (TPSA) is 20.2 Å². The van der Waals surface area contributed by atoms with Crippen LogP contribution in [0.3, 0.4) is 0 Å². The fourth-order valence-corrected chi connectivity index (χ4v) is 7.09. The minimum Gasteiger partial charge on any atom is -0.377 e. The normalized spacial score (nSPS) is 56.6. The van der Waals surface area contributed by atoms with Crippen molar-refractivity contribution < 1.29 is 5.11 Å². The van der Waals surface area contributed by atoms with Crippen LogP contribution in [0.2, 0.25) is 0 Å². The van der Waals surface area contributed by atoms with Gasteiger partial charge in [0.1, 0.15) is 5.60 Å². The summed E-state index contributed by atoms with van der Waals surface area (Å²) in [5.74, 6) is 5.93. The first-order chi connectivity index (χ1) is 10.4. The second kappa shape index (κ2) is 4.64. The lowest BCUT2D eigenvalue weighted by molar-refractivity contribution is -0.125. The minimum atomic E-state index is -0.854. The van der Waals surface area contributed by atoms with E-state index in [0.29, 0.717) is 11.3 Å². The van der Waals surface area contributed by atoms with Gasteiger partial charge in [-0.2, -0.15) is 0 Å². The van der Waals surface area contributed by atoms with Gasteiger partial charge in [0, 0.05) is 5.41 Å². The van der Waals surface area contributed by atoms with Crippen molar-refractivity contribution in [1.82, 2.24) is 0 Å². The quantitative estimate of drug-likeness (QED) is 0.513. The summed E-state index contributed by atoms with van der Waals surface area (Å²) in [7, 11) is 0. The highest BCUT2D eigenvalue weighted by Crippen LogP contribution is 2.67. The van der Waals surface area contributed by atoms with Gasteiger partial charge in [0.2, 0.25) is 0 Å². The zero-order chi connectivity index (χ0) is 15.6. The lowest BCUT2D eigenvalue weighted by atomic mass is 9.45. The molecule has 1 heteroatoms. The second-order valence-corrected chi connectivity index (χ2v) is 9.07. The predicted octanol–water partition coefficient (Wildman–Crippen LogP) is 4.56. The summed E-state index contributed by atoms with van der Waals surface area (Å²) >= 11 is 0. The van der Waals surface area contributed by atoms with E-state index in [2.05, 4.69) is 31.9 Å². The Hall–Kier alpha value is -0.740. The van der Waals surface area contributed by atoms with Crippen molar-refractivity contribution in [3.8, 4) is 12.3 Å². The van der Waals surface area contributed by atoms with Crippen molar-refractivity contribution >= 4 is 0 Å². The lowest BCUT2D eigenvalue weighted by Gasteiger charge is -2.60. The summed E-state index contributed by atoms with van der Waals surface area (Å²) in [6.07, 6.45) is 20.2. The van der Waals surface area contributed by atoms with Gasteiger partial charge in [-0.1, -0.05) is 31.9 Å². The van der Waals surface area contributed by atoms with Gasteiger partial charge in [0.05, 0.1) is 0 Å². The molecule has 0 saturated heterocycles. The fourth-order valence-electron chi connectivity index (χ4n) is 7.09. The molecule has 0 radical (unpaired) electrons. The van der Waals surface area contributed by atoms with E-state index < -0.39 is 5.60 Å². The van der Waals surface area contributed by atoms with E-state index in [-0.39, 0.29) is 5.41 Å². The first-order valence-electron chi connectivity index (χ1n) is 9.30. The van der Waals surface area contributed by atoms with Crippen LogP contribution in [0.4, 0.5) is 0 Å². The average Bonchev–Trinajstić information content (AvgIpc) is 2.79. The molecule has 0 bridgehead atoms. The first kappa shape index (κ1) is 14.8. The molecular formula is C21H30O. The molecule has 0 heterocycles. The molecule has 7 atom stereocenters. The summed E-state index contributed by atoms with van der Waals surface area (Å²) in [5.41, 5.74) is -0.403. The Morgan fingerprint density at radius 1 is 1.05 bits per heavy atom. The standard InChI is InChI=1S/C21H30O/c1-4-21(22)14-11-18-16-9-8-15-7-5-6-12-19(15,2)17(16)10-13-20(18,21)3/h1,5-6,15-18,22H,7-14H2,2-3H3/t15-,16+,17+,18+,19+,20+,21-/m1/s1. The number of terminal acetylenes is 1. The summed E-state index contributed by atoms with van der Waals surface area (Å²) in [6.45, 7) is 4.85. The number of rotatable bonds is 0. The van der Waals surface area contributed by atoms with Crippen molar-refractivity contribution in [2.45, 2.75) is 70.8 Å². The van der Waals surface area contributed by atoms with E-state index in [4.69, 9.17) is 6.42 Å². The highest BCUT2D eigenvalue weighted by atomic mass is 16.3. The largest absolute Gasteiger partial charge is 0.377 e. The van der Waals surface area contributed by atoms with Crippen LogP contribution < -0.4 is 0 Å². The third kappa shape index (κ3) is 1.66. The van der Waals surface area contributed by atoms with Crippen LogP contribution in [0, 0.1) is 46.8 Å². The Morgan fingerprint density at radius 3 is 2.59 bits per heavy atom. The van der Waals surface area contributed by atoms with Gasteiger partial charge in [0.25, 0.3) is 0 Å². The highest BCUT2D eigenvalue weighted by molar-refractivity contribution is 5.23. The maximum Gasteiger partial charge on any atom is 0.130 e. The Bertz CT molecular complexity index is 543. The highest BCUT2D eigenvalue weighted by Gasteiger charge is 2.63. The van der Waals surface area contributed by atoms with Crippen LogP contribution in [-0.2, 0) is 0 Å². The molecular weight excluding hydrogens is 268 g/mol. The first-order valence-corrected chi connectivity index (χ1v) is 9.30. The van der Waals surface area contributed by atoms with Gasteiger partial charge in [-0.3, -0.25) is 0 Å². The Balaban J connectivity index is 1.68. The molecule has 0 aromatic heterocycles. The van der Waals surface area contributed by atoms with Gasteiger partial charge in [-0.15, -0.1) is 6.42 Å². The van der Waals surface area contributed by atoms with Gasteiger partial charge in [0.15, 0.2) is 0 Å². The van der Waals surface area contributed by atoms with E-state index in [1.54, 1.807) is 0 Å². The van der Waals surface area contributed by atoms with Gasteiger partial charge >= 0.3 is 0 Å². The van der Waals surface area contributed by atoms with Crippen molar-refractivity contribution in [3.63, 3.8) is 0 Å². The Kier molecular flexibility index (Phi) is 3.12. The molecule has 22 heavy (non-hydrogen) atoms. The molecule has 0 aliphatic heterocycles. The molecule has 3 fully saturated rings. The summed E-state index contributed by atoms with van der Waals surface area (Å²) < 4.78 is 0. The van der Waals surface area contributed by atoms with Gasteiger partial charge in [-0.05, 0) is 80.5 Å². The van der Waals surface area contributed by atoms with E-state index in [9.17, 15) is 5.11 Å². The van der Waals surface area contributed by atoms with Crippen molar-refractivity contribution in [2.24, 2.45) is 34.5 Å². The van der Waals surface area contributed by atoms with Crippen LogP contribution in [0.25, 0.3) is 0 Å². The number of fused-ring (bicyclic) bond motifs is 5. The third-order valence-electron chi connectivity index (χ3n) is 8.60. The smallest absolute Gasteiger partial charge is 0.130 e. The van der Waals surface area contributed by atoms with Crippen LogP contribution in [0.1, 0.15) is 65.2 Å². The van der Waals surface area contributed by atoms with Crippen molar-refractivity contribution in [3.05, 3.63) is 12.2 Å². The van der Waals surface area contributed by atoms with Crippen molar-refractivity contribution in [2.75, 3.05) is 0 Å². The molecule has 0 amide bonds. The van der Waals surface area contributed by atoms with Crippen LogP contribution in [-0.4, -0.2) is 10.7 Å². The summed E-state index contributed by atoms with van der Waals surface area (Å²) in [4.78, 5) is 0. The van der Waals surface area contributed by atoms with Gasteiger partial charge < -0.3 is 5.11 Å². The molecule has 4 aliphatic carbocycles. The molecule has 120 valence electrons. The second-order valence-electron chi connectivity index (χ2n) is 9.07. The zero-order valence-electron chi connectivity index (χ0n) is 14.1. The molecule has 0 spiro atoms. The molecule has 4 rings (SSSR count). The van der Waals surface area contributed by atoms with E-state index in [0.717, 1.165) is 37.0 Å². The van der Waals surface area contributed by atoms with Crippen LogP contribution in [0.15, 0.2) is 12.2 Å². The maximum atomic E-state index is 11.0. The molecule has 0 unspecified atom stereocenters. The van der Waals surface area contributed by atoms with Crippen molar-refractivity contribution in [1.29, 1.82) is 0 Å². The molecule has 0 aromatic rings. The van der Waals surface area contributed by atoms with Gasteiger partial charge in [-0.25, -0.2) is 0 Å². The number of allylic oxidation sites excluding steroid dienone is 2. The molecule has 1 N–H and O–H groups in total. The monoisotopic (exact) mass is 298 g/mol. The Morgan fingerprint density at radius 2 is 1.82 bits per heavy atom.